The number of nitrogens with two attached hydrogens (primary N) is 1. The Labute approximate surface area is 110 Å². The van der Waals surface area contributed by atoms with Crippen molar-refractivity contribution in [1.29, 1.82) is 0 Å². The molecule has 0 aliphatic carbocycles. The summed E-state index contributed by atoms with van der Waals surface area (Å²) in [5.41, 5.74) is 5.88. The van der Waals surface area contributed by atoms with Crippen LogP contribution in [0.2, 0.25) is 0 Å². The minimum absolute atomic E-state index is 0.117. The minimum Gasteiger partial charge on any atom is -0.393 e. The van der Waals surface area contributed by atoms with Crippen LogP contribution in [0.5, 0.6) is 0 Å². The Morgan fingerprint density at radius 1 is 1.53 bits per heavy atom. The van der Waals surface area contributed by atoms with Crippen LogP contribution < -0.4 is 5.73 Å². The molecule has 1 heterocycles. The zero-order valence-electron chi connectivity index (χ0n) is 11.3. The normalized spacial score (nSPS) is 22.6. The molecular formula is C13H24N2OS. The second kappa shape index (κ2) is 5.34. The molecule has 1 aliphatic heterocycles. The van der Waals surface area contributed by atoms with Crippen molar-refractivity contribution in [1.82, 2.24) is 4.90 Å². The van der Waals surface area contributed by atoms with Crippen LogP contribution in [0.25, 0.3) is 0 Å². The van der Waals surface area contributed by atoms with E-state index in [4.69, 9.17) is 18.0 Å². The van der Waals surface area contributed by atoms with Gasteiger partial charge in [-0.25, -0.2) is 0 Å². The van der Waals surface area contributed by atoms with Crippen molar-refractivity contribution in [3.63, 3.8) is 0 Å². The Kier molecular flexibility index (Phi) is 4.53. The fourth-order valence-corrected chi connectivity index (χ4v) is 2.65. The molecule has 17 heavy (non-hydrogen) atoms. The molecule has 1 rings (SSSR count). The number of carbonyl (C=O) groups is 1. The van der Waals surface area contributed by atoms with Gasteiger partial charge in [-0.15, -0.1) is 0 Å². The topological polar surface area (TPSA) is 46.3 Å². The third-order valence-electron chi connectivity index (χ3n) is 3.77. The lowest BCUT2D eigenvalue weighted by atomic mass is 9.80. The van der Waals surface area contributed by atoms with E-state index in [0.29, 0.717) is 17.3 Å². The molecule has 2 N–H and O–H groups in total. The summed E-state index contributed by atoms with van der Waals surface area (Å²) in [5, 5.41) is 0. The molecule has 1 aliphatic rings. The number of hydrogen-bond acceptors (Lipinski definition) is 2. The average Bonchev–Trinajstić information content (AvgIpc) is 2.65. The standard InChI is InChI=1S/C13H24N2OS/c1-5-10(11(14)17)12(16)15-7-6-9(8-15)13(2,3)4/h9-10H,5-8H2,1-4H3,(H2,14,17). The quantitative estimate of drug-likeness (QED) is 0.787. The van der Waals surface area contributed by atoms with E-state index >= 15 is 0 Å². The Morgan fingerprint density at radius 2 is 2.12 bits per heavy atom. The van der Waals surface area contributed by atoms with Crippen molar-refractivity contribution < 1.29 is 4.79 Å². The largest absolute Gasteiger partial charge is 0.393 e. The Bertz CT molecular complexity index is 309. The molecule has 3 nitrogen and oxygen atoms in total. The number of hydrogen-bond donors (Lipinski definition) is 1. The third kappa shape index (κ3) is 3.41. The van der Waals surface area contributed by atoms with E-state index in [1.165, 1.54) is 0 Å². The molecule has 0 radical (unpaired) electrons. The van der Waals surface area contributed by atoms with Gasteiger partial charge in [-0.05, 0) is 24.2 Å². The summed E-state index contributed by atoms with van der Waals surface area (Å²) < 4.78 is 0. The van der Waals surface area contributed by atoms with Crippen molar-refractivity contribution >= 4 is 23.1 Å². The van der Waals surface area contributed by atoms with Crippen LogP contribution in [0.3, 0.4) is 0 Å². The molecule has 1 amide bonds. The summed E-state index contributed by atoms with van der Waals surface area (Å²) in [7, 11) is 0. The summed E-state index contributed by atoms with van der Waals surface area (Å²) in [6.45, 7) is 10.4. The van der Waals surface area contributed by atoms with E-state index in [2.05, 4.69) is 20.8 Å². The summed E-state index contributed by atoms with van der Waals surface area (Å²) in [6.07, 6.45) is 1.79. The van der Waals surface area contributed by atoms with Crippen LogP contribution in [0, 0.1) is 17.3 Å². The van der Waals surface area contributed by atoms with Gasteiger partial charge >= 0.3 is 0 Å². The first-order chi connectivity index (χ1) is 7.77. The molecule has 2 atom stereocenters. The van der Waals surface area contributed by atoms with Gasteiger partial charge in [0.2, 0.25) is 5.91 Å². The van der Waals surface area contributed by atoms with Crippen molar-refractivity contribution in [2.45, 2.75) is 40.5 Å². The molecule has 0 saturated carbocycles. The third-order valence-corrected chi connectivity index (χ3v) is 4.06. The van der Waals surface area contributed by atoms with Crippen molar-refractivity contribution in [3.05, 3.63) is 0 Å². The fourth-order valence-electron chi connectivity index (χ4n) is 2.39. The molecular weight excluding hydrogens is 232 g/mol. The first-order valence-electron chi connectivity index (χ1n) is 6.35. The lowest BCUT2D eigenvalue weighted by Gasteiger charge is -2.28. The van der Waals surface area contributed by atoms with Gasteiger partial charge in [0.25, 0.3) is 0 Å². The SMILES string of the molecule is CCC(C(=O)N1CCC(C(C)(C)C)C1)C(N)=S. The van der Waals surface area contributed by atoms with Gasteiger partial charge in [0.05, 0.1) is 10.9 Å². The smallest absolute Gasteiger partial charge is 0.232 e. The van der Waals surface area contributed by atoms with Crippen molar-refractivity contribution in [2.75, 3.05) is 13.1 Å². The maximum absolute atomic E-state index is 12.2. The molecule has 0 bridgehead atoms. The van der Waals surface area contributed by atoms with Gasteiger partial charge in [-0.2, -0.15) is 0 Å². The van der Waals surface area contributed by atoms with Gasteiger partial charge in [0, 0.05) is 13.1 Å². The maximum Gasteiger partial charge on any atom is 0.232 e. The molecule has 98 valence electrons. The predicted molar refractivity (Wildman–Crippen MR) is 74.7 cm³/mol. The van der Waals surface area contributed by atoms with E-state index in [1.54, 1.807) is 0 Å². The molecule has 0 aromatic carbocycles. The second-order valence-corrected chi connectivity index (χ2v) is 6.47. The van der Waals surface area contributed by atoms with Crippen LogP contribution in [0.4, 0.5) is 0 Å². The molecule has 0 spiro atoms. The van der Waals surface area contributed by atoms with Gasteiger partial charge in [-0.3, -0.25) is 4.79 Å². The Balaban J connectivity index is 2.65. The number of nitrogens with zero attached hydrogens (tertiary/aromatic N) is 1. The van der Waals surface area contributed by atoms with Crippen molar-refractivity contribution in [2.24, 2.45) is 23.0 Å². The van der Waals surface area contributed by atoms with Crippen LogP contribution in [-0.4, -0.2) is 28.9 Å². The summed E-state index contributed by atoms with van der Waals surface area (Å²) >= 11 is 4.96. The lowest BCUT2D eigenvalue weighted by molar-refractivity contribution is -0.132. The highest BCUT2D eigenvalue weighted by Crippen LogP contribution is 2.34. The number of likely N-dealkylation sites (tertiary alicyclic amines) is 1. The van der Waals surface area contributed by atoms with E-state index in [0.717, 1.165) is 19.5 Å². The van der Waals surface area contributed by atoms with Crippen LogP contribution in [0.1, 0.15) is 40.5 Å². The maximum atomic E-state index is 12.2. The Morgan fingerprint density at radius 3 is 2.47 bits per heavy atom. The molecule has 0 aromatic heterocycles. The van der Waals surface area contributed by atoms with E-state index in [-0.39, 0.29) is 17.2 Å². The number of amides is 1. The predicted octanol–water partition coefficient (Wildman–Crippen LogP) is 2.19. The van der Waals surface area contributed by atoms with Crippen LogP contribution >= 0.6 is 12.2 Å². The number of rotatable bonds is 3. The molecule has 1 saturated heterocycles. The highest BCUT2D eigenvalue weighted by molar-refractivity contribution is 7.80. The molecule has 4 heteroatoms. The lowest BCUT2D eigenvalue weighted by Crippen LogP contribution is -2.40. The zero-order valence-corrected chi connectivity index (χ0v) is 12.1. The van der Waals surface area contributed by atoms with E-state index in [9.17, 15) is 4.79 Å². The Hall–Kier alpha value is -0.640. The van der Waals surface area contributed by atoms with Crippen LogP contribution in [0.15, 0.2) is 0 Å². The average molecular weight is 256 g/mol. The van der Waals surface area contributed by atoms with Crippen LogP contribution in [-0.2, 0) is 4.79 Å². The molecule has 1 fully saturated rings. The zero-order chi connectivity index (χ0) is 13.2. The molecule has 2 unspecified atom stereocenters. The summed E-state index contributed by atoms with van der Waals surface area (Å²) in [5.74, 6) is 0.422. The number of thiocarbonyl (C=S) groups is 1. The minimum atomic E-state index is -0.274. The first kappa shape index (κ1) is 14.4. The van der Waals surface area contributed by atoms with Gasteiger partial charge in [0.15, 0.2) is 0 Å². The summed E-state index contributed by atoms with van der Waals surface area (Å²) in [6, 6.07) is 0. The first-order valence-corrected chi connectivity index (χ1v) is 6.76. The van der Waals surface area contributed by atoms with Crippen molar-refractivity contribution in [3.8, 4) is 0 Å². The fraction of sp³-hybridized carbons (Fsp3) is 0.846. The second-order valence-electron chi connectivity index (χ2n) is 6.00. The highest BCUT2D eigenvalue weighted by Gasteiger charge is 2.36. The summed E-state index contributed by atoms with van der Waals surface area (Å²) in [4.78, 5) is 14.5. The van der Waals surface area contributed by atoms with E-state index < -0.39 is 0 Å². The van der Waals surface area contributed by atoms with Gasteiger partial charge in [0.1, 0.15) is 0 Å². The number of carbonyl (C=O) groups excluding carboxylic acids is 1. The molecule has 0 aromatic rings. The monoisotopic (exact) mass is 256 g/mol. The highest BCUT2D eigenvalue weighted by atomic mass is 32.1. The van der Waals surface area contributed by atoms with Gasteiger partial charge < -0.3 is 10.6 Å². The van der Waals surface area contributed by atoms with E-state index in [1.807, 2.05) is 11.8 Å². The van der Waals surface area contributed by atoms with Gasteiger partial charge in [-0.1, -0.05) is 39.9 Å².